The summed E-state index contributed by atoms with van der Waals surface area (Å²) in [5, 5.41) is 1.79. The zero-order valence-corrected chi connectivity index (χ0v) is 16.8. The fourth-order valence-electron chi connectivity index (χ4n) is 3.66. The number of hydrogen-bond donors (Lipinski definition) is 2. The molecule has 1 aliphatic carbocycles. The number of rotatable bonds is 6. The van der Waals surface area contributed by atoms with Crippen LogP contribution in [0.5, 0.6) is 0 Å². The maximum atomic E-state index is 14.3. The van der Waals surface area contributed by atoms with Crippen LogP contribution in [-0.4, -0.2) is 20.4 Å². The number of hydrogen-bond acceptors (Lipinski definition) is 4. The van der Waals surface area contributed by atoms with Gasteiger partial charge in [-0.25, -0.2) is 26.9 Å². The first-order valence-electron chi connectivity index (χ1n) is 9.91. The van der Waals surface area contributed by atoms with Crippen molar-refractivity contribution in [2.45, 2.75) is 38.3 Å². The van der Waals surface area contributed by atoms with Crippen LogP contribution in [0.1, 0.15) is 46.8 Å². The van der Waals surface area contributed by atoms with E-state index in [0.29, 0.717) is 10.6 Å². The highest BCUT2D eigenvalue weighted by atomic mass is 19.2. The Morgan fingerprint density at radius 3 is 2.62 bits per heavy atom. The smallest absolute Gasteiger partial charge is 0.329 e. The minimum absolute atomic E-state index is 0. The lowest BCUT2D eigenvalue weighted by Gasteiger charge is -2.22. The van der Waals surface area contributed by atoms with Crippen molar-refractivity contribution < 1.29 is 25.2 Å². The van der Waals surface area contributed by atoms with E-state index in [1.807, 2.05) is 0 Å². The Bertz CT molecular complexity index is 1340. The molecule has 2 heterocycles. The Morgan fingerprint density at radius 2 is 1.97 bits per heavy atom. The van der Waals surface area contributed by atoms with Gasteiger partial charge in [-0.3, -0.25) is 14.6 Å². The molecule has 32 heavy (non-hydrogen) atoms. The minimum Gasteiger partial charge on any atom is -0.346 e. The van der Waals surface area contributed by atoms with Gasteiger partial charge in [0.1, 0.15) is 23.1 Å². The molecule has 0 saturated heterocycles. The van der Waals surface area contributed by atoms with Gasteiger partial charge < -0.3 is 10.3 Å². The number of H-pyrrole nitrogens is 1. The van der Waals surface area contributed by atoms with Crippen LogP contribution in [0.25, 0.3) is 10.9 Å². The van der Waals surface area contributed by atoms with Crippen LogP contribution >= 0.6 is 0 Å². The zero-order chi connectivity index (χ0) is 23.2. The normalized spacial score (nSPS) is 15.5. The number of aromatic amines is 1. The van der Waals surface area contributed by atoms with Crippen molar-refractivity contribution in [1.29, 1.82) is 0 Å². The SMILES string of the molecule is C[C@@H](NC(=O)[C@H](CC1CC1)n1c(=O)[nH]c2ccc(F)c(F)c2c1=O)c1ncc(F)cc1F.[HH].[HH]. The number of nitrogens with zero attached hydrogens (tertiary/aromatic N) is 2. The van der Waals surface area contributed by atoms with Crippen LogP contribution in [0.2, 0.25) is 0 Å². The number of pyridine rings is 1. The lowest BCUT2D eigenvalue weighted by atomic mass is 10.1. The van der Waals surface area contributed by atoms with E-state index in [1.54, 1.807) is 0 Å². The number of carbonyl (C=O) groups excluding carboxylic acids is 1. The number of benzene rings is 1. The molecule has 1 amide bonds. The Kier molecular flexibility index (Phi) is 5.57. The van der Waals surface area contributed by atoms with Crippen molar-refractivity contribution in [2.24, 2.45) is 5.92 Å². The van der Waals surface area contributed by atoms with E-state index < -0.39 is 57.9 Å². The largest absolute Gasteiger partial charge is 0.346 e. The number of amides is 1. The van der Waals surface area contributed by atoms with Crippen molar-refractivity contribution in [3.05, 3.63) is 74.2 Å². The van der Waals surface area contributed by atoms with Crippen LogP contribution < -0.4 is 16.6 Å². The zero-order valence-electron chi connectivity index (χ0n) is 16.8. The van der Waals surface area contributed by atoms with Gasteiger partial charge >= 0.3 is 5.69 Å². The summed E-state index contributed by atoms with van der Waals surface area (Å²) in [6, 6.07) is 0.0771. The van der Waals surface area contributed by atoms with Crippen LogP contribution in [0.3, 0.4) is 0 Å². The molecule has 2 atom stereocenters. The monoisotopic (exact) mass is 454 g/mol. The number of fused-ring (bicyclic) bond motifs is 1. The van der Waals surface area contributed by atoms with Gasteiger partial charge in [0, 0.05) is 8.92 Å². The molecule has 3 aromatic rings. The molecule has 1 aliphatic rings. The highest BCUT2D eigenvalue weighted by Gasteiger charge is 2.34. The lowest BCUT2D eigenvalue weighted by molar-refractivity contribution is -0.125. The Labute approximate surface area is 181 Å². The predicted molar refractivity (Wildman–Crippen MR) is 110 cm³/mol. The summed E-state index contributed by atoms with van der Waals surface area (Å²) in [5.41, 5.74) is -2.56. The molecule has 0 spiro atoms. The Balaban J connectivity index is 0.00000204. The number of carbonyl (C=O) groups is 1. The predicted octanol–water partition coefficient (Wildman–Crippen LogP) is 3.35. The lowest BCUT2D eigenvalue weighted by Crippen LogP contribution is -2.45. The second kappa shape index (κ2) is 8.21. The molecule has 1 fully saturated rings. The molecule has 4 rings (SSSR count). The quantitative estimate of drug-likeness (QED) is 0.559. The van der Waals surface area contributed by atoms with Gasteiger partial charge in [-0.1, -0.05) is 12.8 Å². The molecule has 0 radical (unpaired) electrons. The van der Waals surface area contributed by atoms with Gasteiger partial charge in [0.15, 0.2) is 11.6 Å². The molecule has 1 aromatic carbocycles. The second-order valence-electron chi connectivity index (χ2n) is 7.83. The third-order valence-corrected chi connectivity index (χ3v) is 5.46. The molecular weight excluding hydrogens is 432 g/mol. The van der Waals surface area contributed by atoms with Crippen molar-refractivity contribution in [2.75, 3.05) is 0 Å². The molecule has 0 bridgehead atoms. The van der Waals surface area contributed by atoms with Gasteiger partial charge in [-0.2, -0.15) is 0 Å². The van der Waals surface area contributed by atoms with Crippen LogP contribution in [-0.2, 0) is 4.79 Å². The summed E-state index contributed by atoms with van der Waals surface area (Å²) in [5.74, 6) is -5.33. The number of nitrogens with one attached hydrogen (secondary N) is 2. The molecule has 2 N–H and O–H groups in total. The van der Waals surface area contributed by atoms with Gasteiger partial charge in [0.25, 0.3) is 5.56 Å². The average molecular weight is 454 g/mol. The third kappa shape index (κ3) is 4.02. The summed E-state index contributed by atoms with van der Waals surface area (Å²) < 4.78 is 55.8. The fraction of sp³-hybridized carbons (Fsp3) is 0.333. The molecule has 1 saturated carbocycles. The highest BCUT2D eigenvalue weighted by molar-refractivity contribution is 5.82. The Hall–Kier alpha value is -3.50. The van der Waals surface area contributed by atoms with Crippen molar-refractivity contribution in [3.63, 3.8) is 0 Å². The van der Waals surface area contributed by atoms with E-state index in [2.05, 4.69) is 15.3 Å². The highest BCUT2D eigenvalue weighted by Crippen LogP contribution is 2.36. The molecule has 172 valence electrons. The van der Waals surface area contributed by atoms with E-state index in [0.717, 1.165) is 31.2 Å². The first-order chi connectivity index (χ1) is 15.2. The summed E-state index contributed by atoms with van der Waals surface area (Å²) in [4.78, 5) is 44.6. The van der Waals surface area contributed by atoms with Crippen LogP contribution in [0.15, 0.2) is 34.0 Å². The molecular formula is C21H22F4N4O3. The van der Waals surface area contributed by atoms with E-state index in [4.69, 9.17) is 0 Å². The Morgan fingerprint density at radius 1 is 1.25 bits per heavy atom. The number of halogens is 4. The molecule has 7 nitrogen and oxygen atoms in total. The second-order valence-corrected chi connectivity index (χ2v) is 7.83. The van der Waals surface area contributed by atoms with Gasteiger partial charge in [-0.15, -0.1) is 0 Å². The molecule has 11 heteroatoms. The van der Waals surface area contributed by atoms with Gasteiger partial charge in [0.05, 0.1) is 23.4 Å². The first-order valence-corrected chi connectivity index (χ1v) is 9.91. The van der Waals surface area contributed by atoms with E-state index in [1.165, 1.54) is 6.92 Å². The van der Waals surface area contributed by atoms with E-state index in [9.17, 15) is 31.9 Å². The third-order valence-electron chi connectivity index (χ3n) is 5.46. The van der Waals surface area contributed by atoms with Gasteiger partial charge in [-0.05, 0) is 31.4 Å². The van der Waals surface area contributed by atoms with Crippen LogP contribution in [0, 0.1) is 29.2 Å². The minimum atomic E-state index is -1.44. The van der Waals surface area contributed by atoms with Crippen molar-refractivity contribution in [3.8, 4) is 0 Å². The first kappa shape index (κ1) is 21.7. The average Bonchev–Trinajstić information content (AvgIpc) is 3.53. The van der Waals surface area contributed by atoms with Crippen molar-refractivity contribution in [1.82, 2.24) is 19.9 Å². The summed E-state index contributed by atoms with van der Waals surface area (Å²) in [6.45, 7) is 1.40. The van der Waals surface area contributed by atoms with Crippen LogP contribution in [0.4, 0.5) is 17.6 Å². The standard InChI is InChI=1S/C21H18F4N4O3.2H2/c1-9(18-13(24)7-11(22)8-26-18)27-19(30)15(6-10-2-3-10)29-20(31)16-14(28-21(29)32)5-4-12(23)17(16)25;;/h4-5,7-10,15H,2-3,6H2,1H3,(H,27,30)(H,28,32);2*1H/t9-,15+;;/m1../s1. The van der Waals surface area contributed by atoms with E-state index in [-0.39, 0.29) is 26.4 Å². The topological polar surface area (TPSA) is 96.9 Å². The maximum absolute atomic E-state index is 14.3. The molecule has 0 unspecified atom stereocenters. The van der Waals surface area contributed by atoms with Gasteiger partial charge in [0.2, 0.25) is 5.91 Å². The fourth-order valence-corrected chi connectivity index (χ4v) is 3.66. The maximum Gasteiger partial charge on any atom is 0.329 e. The summed E-state index contributed by atoms with van der Waals surface area (Å²) in [7, 11) is 0. The van der Waals surface area contributed by atoms with E-state index >= 15 is 0 Å². The summed E-state index contributed by atoms with van der Waals surface area (Å²) in [6.07, 6.45) is 2.44. The molecule has 2 aromatic heterocycles. The summed E-state index contributed by atoms with van der Waals surface area (Å²) >= 11 is 0. The molecule has 0 aliphatic heterocycles. The van der Waals surface area contributed by atoms with Crippen molar-refractivity contribution >= 4 is 16.8 Å². The number of aromatic nitrogens is 3.